The van der Waals surface area contributed by atoms with Crippen molar-refractivity contribution in [3.8, 4) is 5.75 Å². The largest absolute Gasteiger partial charge is 0.495 e. The Bertz CT molecular complexity index is 694. The smallest absolute Gasteiger partial charge is 0.281 e. The number of aryl methyl sites for hydroxylation is 1. The zero-order chi connectivity index (χ0) is 14.8. The van der Waals surface area contributed by atoms with Gasteiger partial charge in [-0.05, 0) is 12.1 Å². The molecule has 0 spiro atoms. The van der Waals surface area contributed by atoms with E-state index in [1.54, 1.807) is 24.3 Å². The number of sulfonamides is 1. The Morgan fingerprint density at radius 2 is 2.05 bits per heavy atom. The molecule has 0 saturated carbocycles. The average Bonchev–Trinajstić information content (AvgIpc) is 2.96. The van der Waals surface area contributed by atoms with Gasteiger partial charge in [-0.15, -0.1) is 0 Å². The third kappa shape index (κ3) is 2.49. The topological polar surface area (TPSA) is 75.3 Å². The Morgan fingerprint density at radius 3 is 2.65 bits per heavy atom. The summed E-state index contributed by atoms with van der Waals surface area (Å²) in [6.45, 7) is 1.90. The predicted molar refractivity (Wildman–Crippen MR) is 76.5 cm³/mol. The first-order valence-electron chi connectivity index (χ1n) is 6.16. The van der Waals surface area contributed by atoms with Crippen LogP contribution in [0, 0.1) is 0 Å². The second-order valence-electron chi connectivity index (χ2n) is 4.19. The molecular weight excluding hydrogens is 278 g/mol. The minimum absolute atomic E-state index is 0.0720. The van der Waals surface area contributed by atoms with Gasteiger partial charge in [-0.1, -0.05) is 19.1 Å². The van der Waals surface area contributed by atoms with Crippen LogP contribution >= 0.6 is 0 Å². The highest BCUT2D eigenvalue weighted by Gasteiger charge is 2.25. The Morgan fingerprint density at radius 1 is 1.35 bits per heavy atom. The lowest BCUT2D eigenvalue weighted by molar-refractivity contribution is 0.416. The van der Waals surface area contributed by atoms with Gasteiger partial charge in [-0.3, -0.25) is 4.31 Å². The summed E-state index contributed by atoms with van der Waals surface area (Å²) in [6.07, 6.45) is 1.98. The van der Waals surface area contributed by atoms with Crippen LogP contribution in [-0.2, 0) is 16.4 Å². The summed E-state index contributed by atoms with van der Waals surface area (Å²) < 4.78 is 31.4. The second kappa shape index (κ2) is 5.54. The molecule has 0 unspecified atom stereocenters. The minimum atomic E-state index is -3.68. The molecule has 1 N–H and O–H groups in total. The molecule has 0 bridgehead atoms. The molecule has 0 fully saturated rings. The number of methoxy groups -OCH3 is 1. The van der Waals surface area contributed by atoms with Crippen LogP contribution in [0.5, 0.6) is 5.75 Å². The molecule has 0 aliphatic heterocycles. The lowest BCUT2D eigenvalue weighted by Gasteiger charge is -2.20. The van der Waals surface area contributed by atoms with Crippen molar-refractivity contribution < 1.29 is 13.2 Å². The van der Waals surface area contributed by atoms with Crippen molar-refractivity contribution in [3.63, 3.8) is 0 Å². The van der Waals surface area contributed by atoms with Gasteiger partial charge in [-0.2, -0.15) is 8.42 Å². The van der Waals surface area contributed by atoms with E-state index in [1.165, 1.54) is 24.7 Å². The molecule has 1 aromatic carbocycles. The summed E-state index contributed by atoms with van der Waals surface area (Å²) >= 11 is 0. The van der Waals surface area contributed by atoms with Gasteiger partial charge in [0.1, 0.15) is 11.6 Å². The molecular formula is C13H17N3O3S. The van der Waals surface area contributed by atoms with Gasteiger partial charge >= 0.3 is 0 Å². The normalized spacial score (nSPS) is 11.3. The summed E-state index contributed by atoms with van der Waals surface area (Å²) in [7, 11) is -0.688. The maximum Gasteiger partial charge on any atom is 0.281 e. The van der Waals surface area contributed by atoms with E-state index in [4.69, 9.17) is 4.74 Å². The summed E-state index contributed by atoms with van der Waals surface area (Å²) in [6, 6.07) is 6.95. The van der Waals surface area contributed by atoms with E-state index >= 15 is 0 Å². The molecule has 0 aliphatic rings. The highest BCUT2D eigenvalue weighted by molar-refractivity contribution is 7.92. The van der Waals surface area contributed by atoms with Crippen molar-refractivity contribution in [2.45, 2.75) is 18.4 Å². The lowest BCUT2D eigenvalue weighted by atomic mass is 10.3. The van der Waals surface area contributed by atoms with E-state index in [2.05, 4.69) is 9.97 Å². The number of imidazole rings is 1. The van der Waals surface area contributed by atoms with E-state index < -0.39 is 10.0 Å². The number of ether oxygens (including phenoxy) is 1. The van der Waals surface area contributed by atoms with Crippen molar-refractivity contribution in [3.05, 3.63) is 36.3 Å². The van der Waals surface area contributed by atoms with Crippen molar-refractivity contribution in [1.82, 2.24) is 9.97 Å². The standard InChI is InChI=1S/C13H17N3O3S/c1-4-12-14-9-13(15-12)20(17,18)16(2)10-7-5-6-8-11(10)19-3/h5-9H,4H2,1-3H3,(H,14,15). The van der Waals surface area contributed by atoms with Gasteiger partial charge in [0.25, 0.3) is 10.0 Å². The zero-order valence-corrected chi connectivity index (χ0v) is 12.4. The first-order valence-corrected chi connectivity index (χ1v) is 7.60. The summed E-state index contributed by atoms with van der Waals surface area (Å²) in [5.74, 6) is 1.13. The minimum Gasteiger partial charge on any atom is -0.495 e. The number of rotatable bonds is 5. The number of para-hydroxylation sites is 2. The highest BCUT2D eigenvalue weighted by atomic mass is 32.2. The van der Waals surface area contributed by atoms with E-state index in [9.17, 15) is 8.42 Å². The molecule has 108 valence electrons. The van der Waals surface area contributed by atoms with E-state index in [-0.39, 0.29) is 5.03 Å². The van der Waals surface area contributed by atoms with Crippen LogP contribution in [0.25, 0.3) is 0 Å². The Kier molecular flexibility index (Phi) is 3.99. The fraction of sp³-hybridized carbons (Fsp3) is 0.308. The molecule has 20 heavy (non-hydrogen) atoms. The molecule has 1 aromatic heterocycles. The van der Waals surface area contributed by atoms with Crippen molar-refractivity contribution in [2.75, 3.05) is 18.5 Å². The van der Waals surface area contributed by atoms with Crippen LogP contribution < -0.4 is 9.04 Å². The first-order chi connectivity index (χ1) is 9.50. The van der Waals surface area contributed by atoms with Gasteiger partial charge < -0.3 is 9.72 Å². The van der Waals surface area contributed by atoms with Gasteiger partial charge in [-0.25, -0.2) is 4.98 Å². The zero-order valence-electron chi connectivity index (χ0n) is 11.6. The molecule has 0 atom stereocenters. The summed E-state index contributed by atoms with van der Waals surface area (Å²) in [5, 5.41) is 0.0720. The number of nitrogens with zero attached hydrogens (tertiary/aromatic N) is 2. The number of hydrogen-bond donors (Lipinski definition) is 1. The predicted octanol–water partition coefficient (Wildman–Crippen LogP) is 1.81. The quantitative estimate of drug-likeness (QED) is 0.912. The number of hydrogen-bond acceptors (Lipinski definition) is 4. The van der Waals surface area contributed by atoms with Crippen LogP contribution in [0.15, 0.2) is 35.5 Å². The van der Waals surface area contributed by atoms with Gasteiger partial charge in [0.05, 0.1) is 19.0 Å². The van der Waals surface area contributed by atoms with Crippen molar-refractivity contribution in [1.29, 1.82) is 0 Å². The van der Waals surface area contributed by atoms with Crippen LogP contribution in [0.4, 0.5) is 5.69 Å². The van der Waals surface area contributed by atoms with Crippen LogP contribution in [-0.4, -0.2) is 32.5 Å². The van der Waals surface area contributed by atoms with E-state index in [0.717, 1.165) is 0 Å². The van der Waals surface area contributed by atoms with Gasteiger partial charge in [0.15, 0.2) is 5.03 Å². The van der Waals surface area contributed by atoms with Crippen LogP contribution in [0.2, 0.25) is 0 Å². The first kappa shape index (κ1) is 14.4. The highest BCUT2D eigenvalue weighted by Crippen LogP contribution is 2.30. The molecule has 0 amide bonds. The monoisotopic (exact) mass is 295 g/mol. The van der Waals surface area contributed by atoms with Crippen LogP contribution in [0.3, 0.4) is 0 Å². The molecule has 2 rings (SSSR count). The lowest BCUT2D eigenvalue weighted by Crippen LogP contribution is -2.27. The number of aromatic amines is 1. The fourth-order valence-electron chi connectivity index (χ4n) is 1.82. The molecule has 2 aromatic rings. The maximum atomic E-state index is 12.5. The second-order valence-corrected chi connectivity index (χ2v) is 6.13. The van der Waals surface area contributed by atoms with Crippen LogP contribution in [0.1, 0.15) is 12.7 Å². The third-order valence-electron chi connectivity index (χ3n) is 3.00. The third-order valence-corrected chi connectivity index (χ3v) is 4.68. The fourth-order valence-corrected chi connectivity index (χ4v) is 2.96. The Balaban J connectivity index is 2.43. The maximum absolute atomic E-state index is 12.5. The molecule has 6 nitrogen and oxygen atoms in total. The van der Waals surface area contributed by atoms with Gasteiger partial charge in [0, 0.05) is 13.5 Å². The summed E-state index contributed by atoms with van der Waals surface area (Å²) in [4.78, 5) is 6.84. The Labute approximate surface area is 118 Å². The number of H-pyrrole nitrogens is 1. The SMILES string of the molecule is CCc1ncc(S(=O)(=O)N(C)c2ccccc2OC)[nH]1. The van der Waals surface area contributed by atoms with Gasteiger partial charge in [0.2, 0.25) is 0 Å². The molecule has 0 saturated heterocycles. The molecule has 7 heteroatoms. The van der Waals surface area contributed by atoms with Crippen molar-refractivity contribution >= 4 is 15.7 Å². The Hall–Kier alpha value is -2.02. The summed E-state index contributed by atoms with van der Waals surface area (Å²) in [5.41, 5.74) is 0.475. The number of benzene rings is 1. The number of anilines is 1. The molecule has 0 radical (unpaired) electrons. The van der Waals surface area contributed by atoms with Crippen molar-refractivity contribution in [2.24, 2.45) is 0 Å². The molecule has 0 aliphatic carbocycles. The van der Waals surface area contributed by atoms with E-state index in [1.807, 2.05) is 6.92 Å². The average molecular weight is 295 g/mol. The number of nitrogens with one attached hydrogen (secondary N) is 1. The van der Waals surface area contributed by atoms with E-state index in [0.29, 0.717) is 23.7 Å². The number of aromatic nitrogens is 2. The molecule has 1 heterocycles.